The summed E-state index contributed by atoms with van der Waals surface area (Å²) in [5, 5.41) is 4.03. The van der Waals surface area contributed by atoms with Gasteiger partial charge in [0.05, 0.1) is 28.8 Å². The summed E-state index contributed by atoms with van der Waals surface area (Å²) in [6.07, 6.45) is 3.09. The van der Waals surface area contributed by atoms with Gasteiger partial charge in [0.15, 0.2) is 11.6 Å². The van der Waals surface area contributed by atoms with E-state index in [1.54, 1.807) is 49.5 Å². The maximum Gasteiger partial charge on any atom is 0.336 e. The van der Waals surface area contributed by atoms with Crippen molar-refractivity contribution in [2.75, 3.05) is 15.3 Å². The molecule has 0 unspecified atom stereocenters. The van der Waals surface area contributed by atoms with Gasteiger partial charge < -0.3 is 16.8 Å². The SMILES string of the molecule is C[C@H](Nc1nc(N(N)C(N)=O)nc(N(N)C(N)=O)c1Cl)c1nc2ccccc2c(=O)n1-c1cccnc1. The maximum atomic E-state index is 13.5. The fraction of sp³-hybridized carbons (Fsp3) is 0.0952. The molecule has 3 heterocycles. The molecule has 0 aliphatic rings. The Kier molecular flexibility index (Phi) is 6.83. The van der Waals surface area contributed by atoms with Crippen molar-refractivity contribution < 1.29 is 9.59 Å². The predicted molar refractivity (Wildman–Crippen MR) is 137 cm³/mol. The summed E-state index contributed by atoms with van der Waals surface area (Å²) in [7, 11) is 0. The Labute approximate surface area is 213 Å². The summed E-state index contributed by atoms with van der Waals surface area (Å²) in [6.45, 7) is 1.68. The number of nitrogens with zero attached hydrogens (tertiary/aromatic N) is 7. The molecule has 15 nitrogen and oxygen atoms in total. The van der Waals surface area contributed by atoms with E-state index in [1.165, 1.54) is 10.8 Å². The minimum Gasteiger partial charge on any atom is -0.359 e. The Balaban J connectivity index is 1.88. The molecule has 4 amide bonds. The second-order valence-electron chi connectivity index (χ2n) is 7.63. The van der Waals surface area contributed by atoms with E-state index in [4.69, 9.17) is 34.8 Å². The van der Waals surface area contributed by atoms with Gasteiger partial charge in [0, 0.05) is 6.20 Å². The lowest BCUT2D eigenvalue weighted by Crippen LogP contribution is -2.45. The summed E-state index contributed by atoms with van der Waals surface area (Å²) in [5.41, 5.74) is 11.1. The number of nitrogens with one attached hydrogen (secondary N) is 1. The summed E-state index contributed by atoms with van der Waals surface area (Å²) in [4.78, 5) is 53.6. The highest BCUT2D eigenvalue weighted by molar-refractivity contribution is 6.35. The Hall–Kier alpha value is -4.86. The number of para-hydroxylation sites is 1. The molecule has 1 atom stereocenters. The topological polar surface area (TPSA) is 230 Å². The van der Waals surface area contributed by atoms with E-state index < -0.39 is 24.1 Å². The molecule has 1 aromatic carbocycles. The van der Waals surface area contributed by atoms with Crippen LogP contribution in [0.1, 0.15) is 18.8 Å². The molecule has 0 bridgehead atoms. The smallest absolute Gasteiger partial charge is 0.336 e. The Bertz CT molecular complexity index is 1560. The summed E-state index contributed by atoms with van der Waals surface area (Å²) in [6, 6.07) is 7.29. The maximum absolute atomic E-state index is 13.5. The molecule has 0 saturated carbocycles. The van der Waals surface area contributed by atoms with Crippen molar-refractivity contribution in [3.05, 3.63) is 70.0 Å². The zero-order chi connectivity index (χ0) is 26.9. The molecule has 4 rings (SSSR count). The molecule has 4 aromatic rings. The Morgan fingerprint density at radius 1 is 1.03 bits per heavy atom. The lowest BCUT2D eigenvalue weighted by Gasteiger charge is -2.23. The van der Waals surface area contributed by atoms with Crippen LogP contribution in [0, 0.1) is 0 Å². The van der Waals surface area contributed by atoms with Gasteiger partial charge in [-0.3, -0.25) is 14.3 Å². The molecular formula is C21H21ClN12O3. The van der Waals surface area contributed by atoms with Gasteiger partial charge >= 0.3 is 12.1 Å². The third-order valence-corrected chi connectivity index (χ3v) is 5.53. The van der Waals surface area contributed by atoms with Crippen molar-refractivity contribution >= 4 is 52.2 Å². The van der Waals surface area contributed by atoms with Crippen molar-refractivity contribution in [1.82, 2.24) is 24.5 Å². The van der Waals surface area contributed by atoms with Gasteiger partial charge in [0.25, 0.3) is 11.5 Å². The van der Waals surface area contributed by atoms with Gasteiger partial charge in [-0.15, -0.1) is 0 Å². The molecular weight excluding hydrogens is 504 g/mol. The van der Waals surface area contributed by atoms with Crippen LogP contribution in [0.15, 0.2) is 53.6 Å². The second kappa shape index (κ2) is 10.0. The normalized spacial score (nSPS) is 11.7. The van der Waals surface area contributed by atoms with Crippen LogP contribution in [0.5, 0.6) is 0 Å². The number of anilines is 3. The van der Waals surface area contributed by atoms with E-state index >= 15 is 0 Å². The zero-order valence-electron chi connectivity index (χ0n) is 19.2. The van der Waals surface area contributed by atoms with Gasteiger partial charge in [-0.2, -0.15) is 15.0 Å². The number of carbonyl (C=O) groups is 2. The quantitative estimate of drug-likeness (QED) is 0.136. The number of carbonyl (C=O) groups excluding carboxylic acids is 2. The van der Waals surface area contributed by atoms with Gasteiger partial charge in [-0.05, 0) is 31.2 Å². The van der Waals surface area contributed by atoms with Crippen molar-refractivity contribution in [3.8, 4) is 5.69 Å². The zero-order valence-corrected chi connectivity index (χ0v) is 20.0. The number of halogens is 1. The average Bonchev–Trinajstić information content (AvgIpc) is 2.89. The number of hydrogen-bond donors (Lipinski definition) is 5. The van der Waals surface area contributed by atoms with Crippen LogP contribution in [0.3, 0.4) is 0 Å². The number of pyridine rings is 1. The molecule has 0 saturated heterocycles. The monoisotopic (exact) mass is 524 g/mol. The van der Waals surface area contributed by atoms with E-state index in [0.29, 0.717) is 26.6 Å². The number of hydrogen-bond acceptors (Lipinski definition) is 10. The van der Waals surface area contributed by atoms with Crippen LogP contribution >= 0.6 is 11.6 Å². The number of benzene rings is 1. The summed E-state index contributed by atoms with van der Waals surface area (Å²) in [5.74, 6) is 10.7. The highest BCUT2D eigenvalue weighted by Gasteiger charge is 2.25. The molecule has 190 valence electrons. The molecule has 16 heteroatoms. The standard InChI is InChI=1S/C21H21ClN12O3/c1-10(28-15-14(22)17(33(25)19(23)36)31-21(30-15)34(26)20(24)37)16-29-13-7-3-2-6-12(13)18(35)32(16)11-5-4-8-27-9-11/h2-10H,25-26H2,1H3,(H2,23,36)(H2,24,37)(H,28,30,31)/t10-/m0/s1. The van der Waals surface area contributed by atoms with E-state index in [9.17, 15) is 14.4 Å². The van der Waals surface area contributed by atoms with Crippen LogP contribution in [0.2, 0.25) is 5.02 Å². The fourth-order valence-corrected chi connectivity index (χ4v) is 3.67. The predicted octanol–water partition coefficient (Wildman–Crippen LogP) is 0.915. The molecule has 3 aromatic heterocycles. The molecule has 9 N–H and O–H groups in total. The van der Waals surface area contributed by atoms with Crippen molar-refractivity contribution in [2.45, 2.75) is 13.0 Å². The van der Waals surface area contributed by atoms with Gasteiger partial charge in [-0.25, -0.2) is 31.3 Å². The number of fused-ring (bicyclic) bond motifs is 1. The molecule has 37 heavy (non-hydrogen) atoms. The Morgan fingerprint density at radius 3 is 2.38 bits per heavy atom. The first-order chi connectivity index (χ1) is 17.6. The third kappa shape index (κ3) is 4.81. The molecule has 0 radical (unpaired) electrons. The van der Waals surface area contributed by atoms with E-state index in [2.05, 4.69) is 25.3 Å². The molecule has 0 spiro atoms. The number of hydrazine groups is 2. The van der Waals surface area contributed by atoms with Gasteiger partial charge in [0.2, 0.25) is 0 Å². The second-order valence-corrected chi connectivity index (χ2v) is 8.01. The Morgan fingerprint density at radius 2 is 1.73 bits per heavy atom. The van der Waals surface area contributed by atoms with Gasteiger partial charge in [-0.1, -0.05) is 23.7 Å². The summed E-state index contributed by atoms with van der Waals surface area (Å²) >= 11 is 6.43. The molecule has 0 aliphatic heterocycles. The number of rotatable bonds is 6. The lowest BCUT2D eigenvalue weighted by molar-refractivity contribution is 0.253. The number of amides is 4. The van der Waals surface area contributed by atoms with E-state index in [0.717, 1.165) is 0 Å². The van der Waals surface area contributed by atoms with Crippen LogP contribution in [0.25, 0.3) is 16.6 Å². The highest BCUT2D eigenvalue weighted by atomic mass is 35.5. The van der Waals surface area contributed by atoms with Crippen LogP contribution in [-0.4, -0.2) is 36.6 Å². The van der Waals surface area contributed by atoms with Gasteiger partial charge in [0.1, 0.15) is 10.8 Å². The van der Waals surface area contributed by atoms with Crippen molar-refractivity contribution in [2.24, 2.45) is 23.2 Å². The average molecular weight is 525 g/mol. The highest BCUT2D eigenvalue weighted by Crippen LogP contribution is 2.33. The fourth-order valence-electron chi connectivity index (χ4n) is 3.44. The van der Waals surface area contributed by atoms with E-state index in [-0.39, 0.29) is 28.0 Å². The number of nitrogens with two attached hydrogens (primary N) is 4. The number of aromatic nitrogens is 5. The number of urea groups is 2. The third-order valence-electron chi connectivity index (χ3n) is 5.19. The van der Waals surface area contributed by atoms with Crippen molar-refractivity contribution in [3.63, 3.8) is 0 Å². The minimum atomic E-state index is -1.10. The minimum absolute atomic E-state index is 0.109. The van der Waals surface area contributed by atoms with Crippen LogP contribution in [0.4, 0.5) is 27.2 Å². The van der Waals surface area contributed by atoms with Crippen molar-refractivity contribution in [1.29, 1.82) is 0 Å². The molecule has 0 aliphatic carbocycles. The largest absolute Gasteiger partial charge is 0.359 e. The molecule has 0 fully saturated rings. The van der Waals surface area contributed by atoms with Crippen LogP contribution in [-0.2, 0) is 0 Å². The lowest BCUT2D eigenvalue weighted by atomic mass is 10.2. The summed E-state index contributed by atoms with van der Waals surface area (Å²) < 4.78 is 1.39. The van der Waals surface area contributed by atoms with E-state index in [1.807, 2.05) is 0 Å². The number of primary amides is 2. The first kappa shape index (κ1) is 25.2. The van der Waals surface area contributed by atoms with Crippen LogP contribution < -0.4 is 44.0 Å². The first-order valence-electron chi connectivity index (χ1n) is 10.5. The first-order valence-corrected chi connectivity index (χ1v) is 10.9.